The minimum absolute atomic E-state index is 0.292. The van der Waals surface area contributed by atoms with Crippen molar-refractivity contribution < 1.29 is 4.74 Å². The van der Waals surface area contributed by atoms with Crippen molar-refractivity contribution in [2.24, 2.45) is 10.7 Å². The Kier molecular flexibility index (Phi) is 5.61. The maximum absolute atomic E-state index is 5.98. The van der Waals surface area contributed by atoms with Gasteiger partial charge in [-0.3, -0.25) is 0 Å². The smallest absolute Gasteiger partial charge is 0.213 e. The molecule has 6 heteroatoms. The van der Waals surface area contributed by atoms with Gasteiger partial charge in [0.25, 0.3) is 0 Å². The van der Waals surface area contributed by atoms with E-state index in [1.165, 1.54) is 19.3 Å². The number of nitrogens with two attached hydrogens (primary N) is 1. The van der Waals surface area contributed by atoms with Crippen LogP contribution in [0.5, 0.6) is 5.88 Å². The van der Waals surface area contributed by atoms with E-state index in [0.717, 1.165) is 18.4 Å². The monoisotopic (exact) mass is 325 g/mol. The third-order valence-corrected chi connectivity index (χ3v) is 3.99. The van der Waals surface area contributed by atoms with Gasteiger partial charge in [0.1, 0.15) is 11.9 Å². The number of pyridine rings is 2. The molecular weight excluding hydrogens is 302 g/mol. The first-order chi connectivity index (χ1) is 11.8. The van der Waals surface area contributed by atoms with Crippen molar-refractivity contribution in [3.63, 3.8) is 0 Å². The molecule has 0 saturated heterocycles. The third kappa shape index (κ3) is 4.94. The quantitative estimate of drug-likeness (QED) is 0.651. The highest BCUT2D eigenvalue weighted by Gasteiger charge is 2.15. The van der Waals surface area contributed by atoms with Crippen LogP contribution < -0.4 is 15.8 Å². The van der Waals surface area contributed by atoms with Crippen LogP contribution in [0.4, 0.5) is 5.82 Å². The minimum atomic E-state index is 0.292. The molecule has 0 atom stereocenters. The van der Waals surface area contributed by atoms with Gasteiger partial charge in [-0.1, -0.05) is 12.5 Å². The number of aromatic nitrogens is 2. The first kappa shape index (κ1) is 16.2. The molecule has 6 nitrogen and oxygen atoms in total. The summed E-state index contributed by atoms with van der Waals surface area (Å²) in [6.07, 6.45) is 9.77. The summed E-state index contributed by atoms with van der Waals surface area (Å²) >= 11 is 0. The standard InChI is InChI=1S/C18H23N5O/c19-18(23-16-8-4-5-10-20-16)22-13-14-9-11-21-17(12-14)24-15-6-2-1-3-7-15/h4-5,8-12,15H,1-3,6-7,13H2,(H3,19,20,22,23). The largest absolute Gasteiger partial charge is 0.474 e. The van der Waals surface area contributed by atoms with E-state index < -0.39 is 0 Å². The number of hydrogen-bond acceptors (Lipinski definition) is 4. The fraction of sp³-hybridized carbons (Fsp3) is 0.389. The van der Waals surface area contributed by atoms with Crippen molar-refractivity contribution in [1.82, 2.24) is 9.97 Å². The molecule has 1 fully saturated rings. The summed E-state index contributed by atoms with van der Waals surface area (Å²) in [4.78, 5) is 12.8. The molecule has 126 valence electrons. The molecule has 0 spiro atoms. The molecule has 1 saturated carbocycles. The molecule has 0 bridgehead atoms. The molecular formula is C18H23N5O. The predicted octanol–water partition coefficient (Wildman–Crippen LogP) is 3.11. The van der Waals surface area contributed by atoms with Gasteiger partial charge in [0.2, 0.25) is 5.88 Å². The molecule has 0 radical (unpaired) electrons. The lowest BCUT2D eigenvalue weighted by atomic mass is 9.98. The third-order valence-electron chi connectivity index (χ3n) is 3.99. The van der Waals surface area contributed by atoms with Crippen LogP contribution in [0, 0.1) is 0 Å². The second-order valence-electron chi connectivity index (χ2n) is 5.92. The molecule has 2 heterocycles. The van der Waals surface area contributed by atoms with Crippen LogP contribution in [0.1, 0.15) is 37.7 Å². The molecule has 1 aliphatic rings. The summed E-state index contributed by atoms with van der Waals surface area (Å²) in [5.41, 5.74) is 6.91. The van der Waals surface area contributed by atoms with Gasteiger partial charge < -0.3 is 15.8 Å². The highest BCUT2D eigenvalue weighted by Crippen LogP contribution is 2.22. The Labute approximate surface area is 142 Å². The van der Waals surface area contributed by atoms with Gasteiger partial charge in [-0.15, -0.1) is 0 Å². The Morgan fingerprint density at radius 3 is 2.83 bits per heavy atom. The van der Waals surface area contributed by atoms with Crippen LogP contribution in [-0.2, 0) is 6.54 Å². The van der Waals surface area contributed by atoms with Crippen molar-refractivity contribution in [3.05, 3.63) is 48.3 Å². The Hall–Kier alpha value is -2.63. The predicted molar refractivity (Wildman–Crippen MR) is 94.9 cm³/mol. The van der Waals surface area contributed by atoms with Crippen LogP contribution in [0.15, 0.2) is 47.7 Å². The van der Waals surface area contributed by atoms with Crippen molar-refractivity contribution in [1.29, 1.82) is 0 Å². The average Bonchev–Trinajstić information content (AvgIpc) is 2.62. The number of aliphatic imine (C=N–C) groups is 1. The number of rotatable bonds is 5. The molecule has 3 rings (SSSR count). The molecule has 2 aromatic rings. The highest BCUT2D eigenvalue weighted by molar-refractivity contribution is 5.91. The molecule has 3 N–H and O–H groups in total. The SMILES string of the molecule is NC(=NCc1ccnc(OC2CCCCC2)c1)Nc1ccccn1. The van der Waals surface area contributed by atoms with Crippen molar-refractivity contribution in [2.45, 2.75) is 44.8 Å². The zero-order valence-corrected chi connectivity index (χ0v) is 13.7. The number of nitrogens with zero attached hydrogens (tertiary/aromatic N) is 3. The van der Waals surface area contributed by atoms with E-state index in [9.17, 15) is 0 Å². The number of anilines is 1. The normalized spacial score (nSPS) is 15.9. The van der Waals surface area contributed by atoms with Gasteiger partial charge in [-0.2, -0.15) is 0 Å². The Balaban J connectivity index is 1.56. The number of guanidine groups is 1. The lowest BCUT2D eigenvalue weighted by molar-refractivity contribution is 0.148. The van der Waals surface area contributed by atoms with E-state index in [1.807, 2.05) is 30.3 Å². The topological polar surface area (TPSA) is 85.4 Å². The second kappa shape index (κ2) is 8.29. The number of ether oxygens (including phenoxy) is 1. The molecule has 0 unspecified atom stereocenters. The highest BCUT2D eigenvalue weighted by atomic mass is 16.5. The second-order valence-corrected chi connectivity index (χ2v) is 5.92. The number of hydrogen-bond donors (Lipinski definition) is 2. The van der Waals surface area contributed by atoms with Gasteiger partial charge in [0.15, 0.2) is 5.96 Å². The van der Waals surface area contributed by atoms with E-state index in [4.69, 9.17) is 10.5 Å². The summed E-state index contributed by atoms with van der Waals surface area (Å²) in [7, 11) is 0. The van der Waals surface area contributed by atoms with Gasteiger partial charge in [0, 0.05) is 18.5 Å². The fourth-order valence-corrected chi connectivity index (χ4v) is 2.75. The van der Waals surface area contributed by atoms with Crippen molar-refractivity contribution in [3.8, 4) is 5.88 Å². The van der Waals surface area contributed by atoms with Crippen molar-refractivity contribution >= 4 is 11.8 Å². The van der Waals surface area contributed by atoms with Crippen LogP contribution in [0.2, 0.25) is 0 Å². The van der Waals surface area contributed by atoms with Gasteiger partial charge in [-0.25, -0.2) is 15.0 Å². The summed E-state index contributed by atoms with van der Waals surface area (Å²) in [5, 5.41) is 2.96. The molecule has 2 aromatic heterocycles. The van der Waals surface area contributed by atoms with Gasteiger partial charge in [0.05, 0.1) is 6.54 Å². The van der Waals surface area contributed by atoms with E-state index >= 15 is 0 Å². The summed E-state index contributed by atoms with van der Waals surface area (Å²) < 4.78 is 5.98. The average molecular weight is 325 g/mol. The van der Waals surface area contributed by atoms with E-state index in [-0.39, 0.29) is 0 Å². The molecule has 0 aliphatic heterocycles. The van der Waals surface area contributed by atoms with Crippen LogP contribution >= 0.6 is 0 Å². The lowest BCUT2D eigenvalue weighted by Crippen LogP contribution is -2.23. The lowest BCUT2D eigenvalue weighted by Gasteiger charge is -2.22. The Bertz CT molecular complexity index is 668. The molecule has 0 amide bonds. The summed E-state index contributed by atoms with van der Waals surface area (Å²) in [6, 6.07) is 9.44. The molecule has 0 aromatic carbocycles. The van der Waals surface area contributed by atoms with Crippen LogP contribution in [0.25, 0.3) is 0 Å². The zero-order chi connectivity index (χ0) is 16.6. The van der Waals surface area contributed by atoms with E-state index in [0.29, 0.717) is 30.3 Å². The van der Waals surface area contributed by atoms with Crippen LogP contribution in [0.3, 0.4) is 0 Å². The number of nitrogens with one attached hydrogen (secondary N) is 1. The van der Waals surface area contributed by atoms with Crippen molar-refractivity contribution in [2.75, 3.05) is 5.32 Å². The molecule has 24 heavy (non-hydrogen) atoms. The fourth-order valence-electron chi connectivity index (χ4n) is 2.75. The molecule has 1 aliphatic carbocycles. The first-order valence-electron chi connectivity index (χ1n) is 8.39. The Morgan fingerprint density at radius 2 is 2.04 bits per heavy atom. The summed E-state index contributed by atoms with van der Waals surface area (Å²) in [6.45, 7) is 0.467. The minimum Gasteiger partial charge on any atom is -0.474 e. The van der Waals surface area contributed by atoms with E-state index in [1.54, 1.807) is 12.4 Å². The van der Waals surface area contributed by atoms with Gasteiger partial charge >= 0.3 is 0 Å². The first-order valence-corrected chi connectivity index (χ1v) is 8.39. The zero-order valence-electron chi connectivity index (χ0n) is 13.7. The Morgan fingerprint density at radius 1 is 1.17 bits per heavy atom. The maximum Gasteiger partial charge on any atom is 0.213 e. The summed E-state index contributed by atoms with van der Waals surface area (Å²) in [5.74, 6) is 1.68. The van der Waals surface area contributed by atoms with E-state index in [2.05, 4.69) is 20.3 Å². The van der Waals surface area contributed by atoms with Gasteiger partial charge in [-0.05, 0) is 49.4 Å². The van der Waals surface area contributed by atoms with Crippen LogP contribution in [-0.4, -0.2) is 22.0 Å². The maximum atomic E-state index is 5.98.